The molecular weight excluding hydrogens is 665 g/mol. The van der Waals surface area contributed by atoms with E-state index in [4.69, 9.17) is 0 Å². The molecule has 0 N–H and O–H groups in total. The molecule has 0 spiro atoms. The van der Waals surface area contributed by atoms with Gasteiger partial charge >= 0.3 is 17.4 Å². The standard InChI is InChI=1S/C43H40N6O4/c1-40(2)41(3,4)47(51)38(46(40)50)35-25-17-31(18-26-35)11-9-29-13-21-33(22-14-29)37(45-44)34-23-15-30(16-24-34)10-12-32-19-27-36(28-20-32)39-48(52)42(5,6)43(7,8)49(39)53/h13-28H,1-8H3. The summed E-state index contributed by atoms with van der Waals surface area (Å²) >= 11 is 0. The summed E-state index contributed by atoms with van der Waals surface area (Å²) in [5.74, 6) is 12.7. The molecule has 2 aliphatic heterocycles. The third-order valence-electron chi connectivity index (χ3n) is 11.2. The summed E-state index contributed by atoms with van der Waals surface area (Å²) in [5, 5.41) is 53.5. The molecule has 53 heavy (non-hydrogen) atoms. The van der Waals surface area contributed by atoms with Crippen LogP contribution in [-0.2, 0) is 10.4 Å². The van der Waals surface area contributed by atoms with Gasteiger partial charge in [0.25, 0.3) is 0 Å². The molecule has 0 saturated carbocycles. The summed E-state index contributed by atoms with van der Waals surface area (Å²) in [6.07, 6.45) is 0. The van der Waals surface area contributed by atoms with E-state index in [1.165, 1.54) is 0 Å². The van der Waals surface area contributed by atoms with Crippen LogP contribution >= 0.6 is 0 Å². The van der Waals surface area contributed by atoms with Gasteiger partial charge in [-0.25, -0.2) is 0 Å². The van der Waals surface area contributed by atoms with E-state index in [9.17, 15) is 26.4 Å². The second-order valence-corrected chi connectivity index (χ2v) is 15.3. The summed E-state index contributed by atoms with van der Waals surface area (Å²) in [6, 6.07) is 28.7. The minimum Gasteiger partial charge on any atom is -0.714 e. The van der Waals surface area contributed by atoms with Gasteiger partial charge in [0.05, 0.1) is 22.3 Å². The summed E-state index contributed by atoms with van der Waals surface area (Å²) < 4.78 is 1.59. The SMILES string of the molecule is CC1(C)N([O])C(c2ccc(C#Cc3ccc(C(=[N+]=[N-])c4ccc(C#Cc5ccc(C6=[N+]([O-])C(C)(C)C(C)(C)N6[O])cc5)cc4)cc3)cc2)=[N+]([O-])C1(C)C. The maximum Gasteiger partial charge on any atom is 0.329 e. The van der Waals surface area contributed by atoms with E-state index in [0.717, 1.165) is 41.9 Å². The van der Waals surface area contributed by atoms with Gasteiger partial charge in [-0.3, -0.25) is 9.48 Å². The molecule has 10 heteroatoms. The zero-order valence-corrected chi connectivity index (χ0v) is 31.1. The Morgan fingerprint density at radius 3 is 1.02 bits per heavy atom. The van der Waals surface area contributed by atoms with Crippen molar-refractivity contribution in [2.24, 2.45) is 0 Å². The van der Waals surface area contributed by atoms with Crippen LogP contribution in [-0.4, -0.2) is 63.9 Å². The van der Waals surface area contributed by atoms with E-state index < -0.39 is 22.2 Å². The van der Waals surface area contributed by atoms with Gasteiger partial charge < -0.3 is 15.9 Å². The van der Waals surface area contributed by atoms with Crippen molar-refractivity contribution in [1.82, 2.24) is 10.1 Å². The largest absolute Gasteiger partial charge is 0.714 e. The van der Waals surface area contributed by atoms with E-state index in [1.54, 1.807) is 104 Å². The van der Waals surface area contributed by atoms with Crippen molar-refractivity contribution in [3.05, 3.63) is 158 Å². The van der Waals surface area contributed by atoms with E-state index in [1.807, 2.05) is 48.5 Å². The lowest BCUT2D eigenvalue weighted by Gasteiger charge is -2.32. The van der Waals surface area contributed by atoms with E-state index in [-0.39, 0.29) is 11.7 Å². The van der Waals surface area contributed by atoms with Crippen molar-refractivity contribution in [2.75, 3.05) is 0 Å². The fourth-order valence-electron chi connectivity index (χ4n) is 6.09. The predicted molar refractivity (Wildman–Crippen MR) is 201 cm³/mol. The van der Waals surface area contributed by atoms with Gasteiger partial charge in [0, 0.05) is 32.7 Å². The molecule has 0 aromatic heterocycles. The van der Waals surface area contributed by atoms with Crippen molar-refractivity contribution < 1.29 is 24.7 Å². The van der Waals surface area contributed by atoms with Gasteiger partial charge in [-0.2, -0.15) is 4.79 Å². The fourth-order valence-corrected chi connectivity index (χ4v) is 6.09. The first-order chi connectivity index (χ1) is 24.9. The van der Waals surface area contributed by atoms with Crippen LogP contribution in [0.1, 0.15) is 99.9 Å². The first-order valence-electron chi connectivity index (χ1n) is 17.2. The van der Waals surface area contributed by atoms with E-state index in [0.29, 0.717) is 28.0 Å². The molecule has 0 bridgehead atoms. The number of hydrogen-bond acceptors (Lipinski definition) is 4. The number of amidine groups is 2. The second-order valence-electron chi connectivity index (χ2n) is 15.3. The van der Waals surface area contributed by atoms with Gasteiger partial charge in [0.15, 0.2) is 11.1 Å². The molecule has 4 aromatic carbocycles. The van der Waals surface area contributed by atoms with Crippen LogP contribution in [0.2, 0.25) is 0 Å². The zero-order chi connectivity index (χ0) is 38.5. The maximum absolute atomic E-state index is 13.0. The van der Waals surface area contributed by atoms with Gasteiger partial charge in [-0.1, -0.05) is 33.8 Å². The Balaban J connectivity index is 1.11. The summed E-state index contributed by atoms with van der Waals surface area (Å²) in [4.78, 5) is 3.55. The van der Waals surface area contributed by atoms with Gasteiger partial charge in [0.2, 0.25) is 0 Å². The number of rotatable bonds is 4. The Hall–Kier alpha value is -6.16. The number of hydrogen-bond donors (Lipinski definition) is 0. The van der Waals surface area contributed by atoms with Crippen LogP contribution in [0.15, 0.2) is 97.1 Å². The highest BCUT2D eigenvalue weighted by Gasteiger charge is 2.61. The van der Waals surface area contributed by atoms with Crippen LogP contribution in [0.25, 0.3) is 5.53 Å². The molecular formula is C43H40N6O4. The normalized spacial score (nSPS) is 17.8. The zero-order valence-electron chi connectivity index (χ0n) is 31.1. The lowest BCUT2D eigenvalue weighted by molar-refractivity contribution is -0.539. The Morgan fingerprint density at radius 1 is 0.528 bits per heavy atom. The second kappa shape index (κ2) is 13.1. The van der Waals surface area contributed by atoms with Crippen molar-refractivity contribution in [1.29, 1.82) is 0 Å². The molecule has 4 aromatic rings. The van der Waals surface area contributed by atoms with Gasteiger partial charge in [-0.05, 0) is 152 Å². The lowest BCUT2D eigenvalue weighted by Crippen LogP contribution is -2.53. The number of nitrogens with zero attached hydrogens (tertiary/aromatic N) is 6. The van der Waals surface area contributed by atoms with Gasteiger partial charge in [-0.15, -0.1) is 0 Å². The third-order valence-corrected chi connectivity index (χ3v) is 11.2. The summed E-state index contributed by atoms with van der Waals surface area (Å²) in [6.45, 7) is 14.1. The Morgan fingerprint density at radius 2 is 0.792 bits per heavy atom. The number of benzene rings is 4. The Bertz CT molecular complexity index is 2160. The van der Waals surface area contributed by atoms with Crippen molar-refractivity contribution in [2.45, 2.75) is 77.5 Å². The molecule has 2 radical (unpaired) electrons. The van der Waals surface area contributed by atoms with Crippen LogP contribution in [0.3, 0.4) is 0 Å². The quantitative estimate of drug-likeness (QED) is 0.0598. The molecule has 0 saturated heterocycles. The molecule has 6 rings (SSSR count). The van der Waals surface area contributed by atoms with Gasteiger partial charge in [0.1, 0.15) is 11.1 Å². The molecule has 2 aliphatic rings. The molecule has 0 atom stereocenters. The summed E-state index contributed by atoms with van der Waals surface area (Å²) in [7, 11) is 0. The Kier molecular flexibility index (Phi) is 9.06. The fraction of sp³-hybridized carbons (Fsp3) is 0.279. The lowest BCUT2D eigenvalue weighted by atomic mass is 9.84. The summed E-state index contributed by atoms with van der Waals surface area (Å²) in [5.41, 5.74) is 12.2. The predicted octanol–water partition coefficient (Wildman–Crippen LogP) is 6.50. The minimum absolute atomic E-state index is 0.0894. The molecule has 0 fully saturated rings. The average Bonchev–Trinajstić information content (AvgIpc) is 3.34. The van der Waals surface area contributed by atoms with Crippen molar-refractivity contribution in [3.63, 3.8) is 0 Å². The van der Waals surface area contributed by atoms with Crippen molar-refractivity contribution >= 4 is 17.4 Å². The minimum atomic E-state index is -0.887. The first kappa shape index (κ1) is 36.6. The number of hydroxylamine groups is 6. The average molecular weight is 705 g/mol. The van der Waals surface area contributed by atoms with Crippen LogP contribution in [0, 0.1) is 34.1 Å². The Labute approximate surface area is 310 Å². The molecule has 10 nitrogen and oxygen atoms in total. The van der Waals surface area contributed by atoms with Crippen molar-refractivity contribution in [3.8, 4) is 23.7 Å². The smallest absolute Gasteiger partial charge is 0.329 e. The highest BCUT2D eigenvalue weighted by Crippen LogP contribution is 2.38. The topological polar surface area (TPSA) is 135 Å². The highest BCUT2D eigenvalue weighted by molar-refractivity contribution is 6.09. The van der Waals surface area contributed by atoms with Crippen LogP contribution < -0.4 is 0 Å². The molecule has 0 amide bonds. The third kappa shape index (κ3) is 6.13. The first-order valence-corrected chi connectivity index (χ1v) is 17.2. The maximum atomic E-state index is 13.0. The molecule has 0 unspecified atom stereocenters. The molecule has 0 aliphatic carbocycles. The van der Waals surface area contributed by atoms with Crippen LogP contribution in [0.4, 0.5) is 0 Å². The highest BCUT2D eigenvalue weighted by atomic mass is 16.5. The van der Waals surface area contributed by atoms with E-state index >= 15 is 0 Å². The molecule has 266 valence electrons. The van der Waals surface area contributed by atoms with Crippen LogP contribution in [0.5, 0.6) is 0 Å². The monoisotopic (exact) mass is 704 g/mol. The van der Waals surface area contributed by atoms with E-state index in [2.05, 4.69) is 28.5 Å². The molecule has 2 heterocycles.